The maximum absolute atomic E-state index is 13.1. The zero-order valence-corrected chi connectivity index (χ0v) is 21.2. The third-order valence-electron chi connectivity index (χ3n) is 7.12. The van der Waals surface area contributed by atoms with E-state index < -0.39 is 0 Å². The molecule has 0 atom stereocenters. The molecular weight excluding hydrogens is 470 g/mol. The predicted octanol–water partition coefficient (Wildman–Crippen LogP) is 6.22. The SMILES string of the molecule is COC(=O)c1c(NC(=O)c2ccc(N3CCc4cc5ccc(C)cc5nc43)cc2)sc2c1CCCC2. The van der Waals surface area contributed by atoms with Gasteiger partial charge in [-0.15, -0.1) is 11.3 Å². The van der Waals surface area contributed by atoms with Gasteiger partial charge in [0.1, 0.15) is 10.8 Å². The Balaban J connectivity index is 1.25. The van der Waals surface area contributed by atoms with Gasteiger partial charge in [0.2, 0.25) is 0 Å². The van der Waals surface area contributed by atoms with E-state index in [2.05, 4.69) is 41.4 Å². The van der Waals surface area contributed by atoms with E-state index in [1.807, 2.05) is 24.3 Å². The average molecular weight is 498 g/mol. The number of ether oxygens (including phenoxy) is 1. The molecule has 2 aromatic carbocycles. The van der Waals surface area contributed by atoms with Crippen molar-refractivity contribution in [1.82, 2.24) is 4.98 Å². The number of hydrogen-bond acceptors (Lipinski definition) is 6. The molecule has 1 aliphatic carbocycles. The number of benzene rings is 2. The van der Waals surface area contributed by atoms with Crippen molar-refractivity contribution in [1.29, 1.82) is 0 Å². The molecule has 0 radical (unpaired) electrons. The zero-order chi connectivity index (χ0) is 24.8. The number of methoxy groups -OCH3 is 1. The highest BCUT2D eigenvalue weighted by Gasteiger charge is 2.27. The fraction of sp³-hybridized carbons (Fsp3) is 0.276. The second-order valence-corrected chi connectivity index (χ2v) is 10.6. The number of pyridine rings is 1. The van der Waals surface area contributed by atoms with E-state index in [1.54, 1.807) is 0 Å². The summed E-state index contributed by atoms with van der Waals surface area (Å²) in [6.45, 7) is 2.93. The van der Waals surface area contributed by atoms with Crippen molar-refractivity contribution in [2.24, 2.45) is 0 Å². The van der Waals surface area contributed by atoms with Gasteiger partial charge in [-0.25, -0.2) is 9.78 Å². The molecule has 0 spiro atoms. The van der Waals surface area contributed by atoms with Crippen molar-refractivity contribution < 1.29 is 14.3 Å². The third kappa shape index (κ3) is 3.93. The van der Waals surface area contributed by atoms with Gasteiger partial charge >= 0.3 is 5.97 Å². The summed E-state index contributed by atoms with van der Waals surface area (Å²) in [6, 6.07) is 16.2. The molecule has 1 N–H and O–H groups in total. The first-order valence-electron chi connectivity index (χ1n) is 12.3. The van der Waals surface area contributed by atoms with Crippen molar-refractivity contribution >= 4 is 50.6 Å². The maximum Gasteiger partial charge on any atom is 0.341 e. The van der Waals surface area contributed by atoms with Crippen LogP contribution in [-0.4, -0.2) is 30.5 Å². The van der Waals surface area contributed by atoms with E-state index in [4.69, 9.17) is 9.72 Å². The Kier molecular flexibility index (Phi) is 5.72. The number of carbonyl (C=O) groups is 2. The fourth-order valence-electron chi connectivity index (χ4n) is 5.26. The van der Waals surface area contributed by atoms with Crippen LogP contribution in [0.5, 0.6) is 0 Å². The molecule has 7 heteroatoms. The van der Waals surface area contributed by atoms with E-state index in [-0.39, 0.29) is 11.9 Å². The van der Waals surface area contributed by atoms with Gasteiger partial charge in [-0.3, -0.25) is 4.79 Å². The number of aromatic nitrogens is 1. The molecule has 36 heavy (non-hydrogen) atoms. The van der Waals surface area contributed by atoms with E-state index in [1.165, 1.54) is 34.5 Å². The first kappa shape index (κ1) is 22.7. The second-order valence-electron chi connectivity index (χ2n) is 9.48. The summed E-state index contributed by atoms with van der Waals surface area (Å²) in [4.78, 5) is 34.0. The molecule has 0 saturated carbocycles. The van der Waals surface area contributed by atoms with Crippen molar-refractivity contribution in [2.45, 2.75) is 39.0 Å². The van der Waals surface area contributed by atoms with Crippen LogP contribution in [0.4, 0.5) is 16.5 Å². The number of carbonyl (C=O) groups excluding carboxylic acids is 2. The minimum Gasteiger partial charge on any atom is -0.465 e. The lowest BCUT2D eigenvalue weighted by Gasteiger charge is -2.19. The molecule has 2 aliphatic rings. The number of anilines is 3. The number of nitrogens with zero attached hydrogens (tertiary/aromatic N) is 2. The van der Waals surface area contributed by atoms with E-state index in [9.17, 15) is 9.59 Å². The fourth-order valence-corrected chi connectivity index (χ4v) is 6.53. The van der Waals surface area contributed by atoms with E-state index in [0.717, 1.165) is 66.6 Å². The zero-order valence-electron chi connectivity index (χ0n) is 20.4. The molecule has 6 nitrogen and oxygen atoms in total. The Morgan fingerprint density at radius 3 is 2.64 bits per heavy atom. The standard InChI is InChI=1S/C29H27N3O3S/c1-17-7-8-19-16-20-13-14-32(26(20)30-23(19)15-17)21-11-9-18(10-12-21)27(33)31-28-25(29(34)35-2)22-5-3-4-6-24(22)36-28/h7-12,15-16H,3-6,13-14H2,1-2H3,(H,31,33). The average Bonchev–Trinajstić information content (AvgIpc) is 3.47. The molecule has 2 aromatic heterocycles. The van der Waals surface area contributed by atoms with Crippen LogP contribution >= 0.6 is 11.3 Å². The molecule has 0 unspecified atom stereocenters. The van der Waals surface area contributed by atoms with Crippen LogP contribution < -0.4 is 10.2 Å². The normalized spacial score (nSPS) is 14.4. The van der Waals surface area contributed by atoms with Crippen LogP contribution in [0, 0.1) is 6.92 Å². The van der Waals surface area contributed by atoms with Crippen molar-refractivity contribution in [3.8, 4) is 0 Å². The Morgan fingerprint density at radius 2 is 1.83 bits per heavy atom. The Hall–Kier alpha value is -3.71. The van der Waals surface area contributed by atoms with Crippen LogP contribution in [0.1, 0.15) is 55.1 Å². The number of thiophene rings is 1. The number of amides is 1. The monoisotopic (exact) mass is 497 g/mol. The Labute approximate surface area is 213 Å². The van der Waals surface area contributed by atoms with Gasteiger partial charge < -0.3 is 15.0 Å². The summed E-state index contributed by atoms with van der Waals surface area (Å²) < 4.78 is 5.03. The van der Waals surface area contributed by atoms with Crippen molar-refractivity contribution in [3.63, 3.8) is 0 Å². The molecule has 1 aliphatic heterocycles. The van der Waals surface area contributed by atoms with Gasteiger partial charge in [0, 0.05) is 28.1 Å². The minimum atomic E-state index is -0.386. The van der Waals surface area contributed by atoms with Gasteiger partial charge in [-0.2, -0.15) is 0 Å². The molecule has 4 aromatic rings. The summed E-state index contributed by atoms with van der Waals surface area (Å²) in [6.07, 6.45) is 4.88. The molecule has 0 saturated heterocycles. The minimum absolute atomic E-state index is 0.230. The van der Waals surface area contributed by atoms with Gasteiger partial charge in [0.25, 0.3) is 5.91 Å². The number of aryl methyl sites for hydroxylation is 2. The summed E-state index contributed by atoms with van der Waals surface area (Å²) in [5.74, 6) is 0.367. The number of fused-ring (bicyclic) bond motifs is 3. The third-order valence-corrected chi connectivity index (χ3v) is 8.33. The highest BCUT2D eigenvalue weighted by molar-refractivity contribution is 7.17. The van der Waals surface area contributed by atoms with Gasteiger partial charge in [-0.1, -0.05) is 12.1 Å². The predicted molar refractivity (Wildman–Crippen MR) is 144 cm³/mol. The van der Waals surface area contributed by atoms with Crippen LogP contribution in [0.15, 0.2) is 48.5 Å². The molecule has 182 valence electrons. The highest BCUT2D eigenvalue weighted by Crippen LogP contribution is 2.39. The van der Waals surface area contributed by atoms with Gasteiger partial charge in [0.15, 0.2) is 0 Å². The van der Waals surface area contributed by atoms with Crippen molar-refractivity contribution in [2.75, 3.05) is 23.9 Å². The van der Waals surface area contributed by atoms with Crippen LogP contribution in [-0.2, 0) is 24.0 Å². The van der Waals surface area contributed by atoms with E-state index >= 15 is 0 Å². The Morgan fingerprint density at radius 1 is 1.03 bits per heavy atom. The number of rotatable bonds is 4. The topological polar surface area (TPSA) is 71.5 Å². The molecule has 1 amide bonds. The van der Waals surface area contributed by atoms with Crippen LogP contribution in [0.2, 0.25) is 0 Å². The molecule has 0 fully saturated rings. The number of nitrogens with one attached hydrogen (secondary N) is 1. The maximum atomic E-state index is 13.1. The lowest BCUT2D eigenvalue weighted by Crippen LogP contribution is -2.16. The first-order valence-corrected chi connectivity index (χ1v) is 13.2. The van der Waals surface area contributed by atoms with Crippen molar-refractivity contribution in [3.05, 3.63) is 81.2 Å². The lowest BCUT2D eigenvalue weighted by molar-refractivity contribution is 0.0601. The summed E-state index contributed by atoms with van der Waals surface area (Å²) in [7, 11) is 1.38. The van der Waals surface area contributed by atoms with Crippen LogP contribution in [0.25, 0.3) is 10.9 Å². The van der Waals surface area contributed by atoms with Crippen LogP contribution in [0.3, 0.4) is 0 Å². The largest absolute Gasteiger partial charge is 0.465 e. The van der Waals surface area contributed by atoms with Gasteiger partial charge in [-0.05, 0) is 92.1 Å². The highest BCUT2D eigenvalue weighted by atomic mass is 32.1. The summed E-state index contributed by atoms with van der Waals surface area (Å²) in [5.41, 5.74) is 6.53. The molecule has 6 rings (SSSR count). The number of hydrogen-bond donors (Lipinski definition) is 1. The molecule has 3 heterocycles. The lowest BCUT2D eigenvalue weighted by atomic mass is 9.95. The Bertz CT molecular complexity index is 1510. The summed E-state index contributed by atoms with van der Waals surface area (Å²) >= 11 is 1.50. The molecular formula is C29H27N3O3S. The number of esters is 1. The van der Waals surface area contributed by atoms with E-state index in [0.29, 0.717) is 16.1 Å². The second kappa shape index (κ2) is 9.06. The smallest absolute Gasteiger partial charge is 0.341 e. The quantitative estimate of drug-likeness (QED) is 0.339. The first-order chi connectivity index (χ1) is 17.5. The molecule has 0 bridgehead atoms. The van der Waals surface area contributed by atoms with Gasteiger partial charge in [0.05, 0.1) is 18.2 Å². The summed E-state index contributed by atoms with van der Waals surface area (Å²) in [5, 5.41) is 4.73.